The van der Waals surface area contributed by atoms with Crippen LogP contribution in [0.2, 0.25) is 5.02 Å². The van der Waals surface area contributed by atoms with Gasteiger partial charge in [-0.25, -0.2) is 0 Å². The van der Waals surface area contributed by atoms with Gasteiger partial charge in [-0.3, -0.25) is 4.79 Å². The minimum atomic E-state index is -0.124. The number of nitrogens with two attached hydrogens (primary N) is 1. The number of carbonyl (C=O) groups is 1. The van der Waals surface area contributed by atoms with Crippen molar-refractivity contribution in [3.63, 3.8) is 0 Å². The van der Waals surface area contributed by atoms with Gasteiger partial charge in [0.15, 0.2) is 0 Å². The van der Waals surface area contributed by atoms with Crippen LogP contribution in [0.3, 0.4) is 0 Å². The van der Waals surface area contributed by atoms with E-state index >= 15 is 0 Å². The van der Waals surface area contributed by atoms with Crippen LogP contribution in [0.25, 0.3) is 0 Å². The number of likely N-dealkylation sites (tertiary alicyclic amines) is 1. The average Bonchev–Trinajstić information content (AvgIpc) is 2.38. The number of carbonyl (C=O) groups excluding carboxylic acids is 1. The van der Waals surface area contributed by atoms with Gasteiger partial charge in [0.2, 0.25) is 0 Å². The van der Waals surface area contributed by atoms with Gasteiger partial charge in [-0.1, -0.05) is 30.7 Å². The molecule has 0 unspecified atom stereocenters. The molecule has 1 heterocycles. The van der Waals surface area contributed by atoms with Crippen LogP contribution in [0.1, 0.15) is 35.7 Å². The van der Waals surface area contributed by atoms with Crippen LogP contribution in [-0.2, 0) is 0 Å². The Balaban J connectivity index is 2.11. The highest BCUT2D eigenvalue weighted by atomic mass is 35.5. The second-order valence-corrected chi connectivity index (χ2v) is 6.55. The molecule has 1 amide bonds. The highest BCUT2D eigenvalue weighted by Gasteiger charge is 2.34. The van der Waals surface area contributed by atoms with Crippen molar-refractivity contribution in [1.82, 2.24) is 4.90 Å². The van der Waals surface area contributed by atoms with Crippen molar-refractivity contribution in [3.05, 3.63) is 34.3 Å². The maximum atomic E-state index is 12.5. The lowest BCUT2D eigenvalue weighted by molar-refractivity contribution is 0.0669. The second-order valence-electron chi connectivity index (χ2n) is 5.68. The number of piperidine rings is 1. The Labute approximate surface area is 130 Å². The Morgan fingerprint density at radius 3 is 2.50 bits per heavy atom. The smallest absolute Gasteiger partial charge is 0.254 e. The van der Waals surface area contributed by atoms with Gasteiger partial charge in [0, 0.05) is 29.1 Å². The lowest BCUT2D eigenvalue weighted by atomic mass is 9.80. The van der Waals surface area contributed by atoms with Gasteiger partial charge in [-0.05, 0) is 43.5 Å². The van der Waals surface area contributed by atoms with Crippen molar-refractivity contribution < 1.29 is 4.79 Å². The SMILES string of the molecule is Cc1cc(Cl)ccc1C(=O)N1CCC(C)(C(N)=S)CC1. The van der Waals surface area contributed by atoms with Crippen LogP contribution in [0.15, 0.2) is 18.2 Å². The summed E-state index contributed by atoms with van der Waals surface area (Å²) in [5.41, 5.74) is 7.29. The lowest BCUT2D eigenvalue weighted by Gasteiger charge is -2.38. The monoisotopic (exact) mass is 310 g/mol. The summed E-state index contributed by atoms with van der Waals surface area (Å²) in [5, 5.41) is 0.652. The first-order valence-corrected chi connectivity index (χ1v) is 7.47. The third-order valence-electron chi connectivity index (χ3n) is 4.17. The molecule has 20 heavy (non-hydrogen) atoms. The molecule has 0 bridgehead atoms. The van der Waals surface area contributed by atoms with Crippen LogP contribution in [0.5, 0.6) is 0 Å². The largest absolute Gasteiger partial charge is 0.393 e. The molecule has 2 rings (SSSR count). The van der Waals surface area contributed by atoms with Crippen molar-refractivity contribution in [1.29, 1.82) is 0 Å². The predicted molar refractivity (Wildman–Crippen MR) is 86.2 cm³/mol. The summed E-state index contributed by atoms with van der Waals surface area (Å²) in [5.74, 6) is 0.0594. The van der Waals surface area contributed by atoms with E-state index in [0.717, 1.165) is 18.4 Å². The molecular weight excluding hydrogens is 292 g/mol. The maximum absolute atomic E-state index is 12.5. The van der Waals surface area contributed by atoms with E-state index in [-0.39, 0.29) is 11.3 Å². The molecule has 1 saturated heterocycles. The van der Waals surface area contributed by atoms with Gasteiger partial charge in [-0.15, -0.1) is 0 Å². The van der Waals surface area contributed by atoms with E-state index in [9.17, 15) is 4.79 Å². The third-order valence-corrected chi connectivity index (χ3v) is 4.90. The topological polar surface area (TPSA) is 46.3 Å². The number of hydrogen-bond acceptors (Lipinski definition) is 2. The van der Waals surface area contributed by atoms with Gasteiger partial charge < -0.3 is 10.6 Å². The quantitative estimate of drug-likeness (QED) is 0.853. The molecule has 1 fully saturated rings. The number of nitrogens with zero attached hydrogens (tertiary/aromatic N) is 1. The van der Waals surface area contributed by atoms with Gasteiger partial charge >= 0.3 is 0 Å². The van der Waals surface area contributed by atoms with Crippen molar-refractivity contribution in [2.75, 3.05) is 13.1 Å². The molecule has 1 aromatic carbocycles. The molecule has 108 valence electrons. The number of aryl methyl sites for hydroxylation is 1. The van der Waals surface area contributed by atoms with Gasteiger partial charge in [-0.2, -0.15) is 0 Å². The number of benzene rings is 1. The van der Waals surface area contributed by atoms with Crippen LogP contribution >= 0.6 is 23.8 Å². The number of rotatable bonds is 2. The zero-order chi connectivity index (χ0) is 14.9. The van der Waals surface area contributed by atoms with Crippen molar-refractivity contribution in [2.24, 2.45) is 11.1 Å². The van der Waals surface area contributed by atoms with E-state index in [1.54, 1.807) is 12.1 Å². The van der Waals surface area contributed by atoms with Crippen LogP contribution in [0, 0.1) is 12.3 Å². The normalized spacial score (nSPS) is 17.9. The van der Waals surface area contributed by atoms with E-state index in [1.165, 1.54) is 0 Å². The zero-order valence-electron chi connectivity index (χ0n) is 11.8. The molecule has 0 atom stereocenters. The average molecular weight is 311 g/mol. The molecule has 0 saturated carbocycles. The van der Waals surface area contributed by atoms with Gasteiger partial charge in [0.25, 0.3) is 5.91 Å². The highest BCUT2D eigenvalue weighted by molar-refractivity contribution is 7.80. The molecule has 1 aromatic rings. The maximum Gasteiger partial charge on any atom is 0.254 e. The van der Waals surface area contributed by atoms with E-state index < -0.39 is 0 Å². The summed E-state index contributed by atoms with van der Waals surface area (Å²) < 4.78 is 0. The molecule has 0 spiro atoms. The first-order valence-electron chi connectivity index (χ1n) is 6.69. The molecular formula is C15H19ClN2OS. The Morgan fingerprint density at radius 2 is 2.00 bits per heavy atom. The molecule has 3 nitrogen and oxygen atoms in total. The van der Waals surface area contributed by atoms with E-state index in [0.29, 0.717) is 28.7 Å². The third kappa shape index (κ3) is 2.96. The molecule has 1 aliphatic heterocycles. The fourth-order valence-corrected chi connectivity index (χ4v) is 2.92. The molecule has 2 N–H and O–H groups in total. The van der Waals surface area contributed by atoms with Crippen LogP contribution in [-0.4, -0.2) is 28.9 Å². The van der Waals surface area contributed by atoms with E-state index in [1.807, 2.05) is 17.9 Å². The van der Waals surface area contributed by atoms with Gasteiger partial charge in [0.1, 0.15) is 0 Å². The summed E-state index contributed by atoms with van der Waals surface area (Å²) in [4.78, 5) is 15.0. The number of halogens is 1. The first-order chi connectivity index (χ1) is 9.33. The van der Waals surface area contributed by atoms with Crippen molar-refractivity contribution in [3.8, 4) is 0 Å². The molecule has 0 aliphatic carbocycles. The summed E-state index contributed by atoms with van der Waals surface area (Å²) >= 11 is 11.0. The van der Waals surface area contributed by atoms with Crippen LogP contribution < -0.4 is 5.73 Å². The summed E-state index contributed by atoms with van der Waals surface area (Å²) in [6.07, 6.45) is 1.64. The van der Waals surface area contributed by atoms with E-state index in [2.05, 4.69) is 6.92 Å². The Kier molecular flexibility index (Phi) is 4.35. The number of hydrogen-bond donors (Lipinski definition) is 1. The Bertz CT molecular complexity index is 551. The molecule has 0 radical (unpaired) electrons. The first kappa shape index (κ1) is 15.3. The van der Waals surface area contributed by atoms with Gasteiger partial charge in [0.05, 0.1) is 4.99 Å². The minimum Gasteiger partial charge on any atom is -0.393 e. The number of amides is 1. The molecule has 1 aliphatic rings. The fourth-order valence-electron chi connectivity index (χ4n) is 2.49. The second kappa shape index (κ2) is 5.70. The summed E-state index contributed by atoms with van der Waals surface area (Å²) in [6, 6.07) is 5.37. The fraction of sp³-hybridized carbons (Fsp3) is 0.467. The predicted octanol–water partition coefficient (Wildman–Crippen LogP) is 3.18. The minimum absolute atomic E-state index is 0.0594. The standard InChI is InChI=1S/C15H19ClN2OS/c1-10-9-11(16)3-4-12(10)13(19)18-7-5-15(2,6-8-18)14(17)20/h3-4,9H,5-8H2,1-2H3,(H2,17,20). The summed E-state index contributed by atoms with van der Waals surface area (Å²) in [6.45, 7) is 5.36. The van der Waals surface area contributed by atoms with Crippen molar-refractivity contribution >= 4 is 34.7 Å². The zero-order valence-corrected chi connectivity index (χ0v) is 13.4. The van der Waals surface area contributed by atoms with Crippen LogP contribution in [0.4, 0.5) is 0 Å². The van der Waals surface area contributed by atoms with Crippen molar-refractivity contribution in [2.45, 2.75) is 26.7 Å². The molecule has 5 heteroatoms. The number of thiocarbonyl (C=S) groups is 1. The summed E-state index contributed by atoms with van der Waals surface area (Å²) in [7, 11) is 0. The Morgan fingerprint density at radius 1 is 1.40 bits per heavy atom. The Hall–Kier alpha value is -1.13. The molecule has 0 aromatic heterocycles. The lowest BCUT2D eigenvalue weighted by Crippen LogP contribution is -2.46. The van der Waals surface area contributed by atoms with E-state index in [4.69, 9.17) is 29.6 Å². The highest BCUT2D eigenvalue weighted by Crippen LogP contribution is 2.32.